The van der Waals surface area contributed by atoms with Crippen molar-refractivity contribution in [3.8, 4) is 0 Å². The molecule has 0 spiro atoms. The van der Waals surface area contributed by atoms with Crippen LogP contribution in [0, 0.1) is 29.6 Å². The van der Waals surface area contributed by atoms with Crippen LogP contribution in [0.4, 0.5) is 0 Å². The van der Waals surface area contributed by atoms with E-state index in [-0.39, 0.29) is 29.1 Å². The average molecular weight is 809 g/mol. The molecule has 4 aromatic rings. The molecule has 0 heterocycles. The summed E-state index contributed by atoms with van der Waals surface area (Å²) >= 11 is 0. The third kappa shape index (κ3) is 6.25. The normalized spacial score (nSPS) is 26.0. The number of hydrogen-bond acceptors (Lipinski definition) is 0. The van der Waals surface area contributed by atoms with Gasteiger partial charge in [-0.2, -0.15) is 0 Å². The smallest absolute Gasteiger partial charge is 0.0529 e. The van der Waals surface area contributed by atoms with Crippen molar-refractivity contribution < 1.29 is 0 Å². The van der Waals surface area contributed by atoms with E-state index in [0.29, 0.717) is 5.92 Å². The van der Waals surface area contributed by atoms with Crippen molar-refractivity contribution in [2.75, 3.05) is 0 Å². The molecule has 0 amide bonds. The first kappa shape index (κ1) is 38.0. The van der Waals surface area contributed by atoms with Gasteiger partial charge >= 0.3 is 0 Å². The van der Waals surface area contributed by atoms with Crippen LogP contribution in [0.5, 0.6) is 0 Å². The number of rotatable bonds is 7. The maximum absolute atomic E-state index is 2.50. The predicted molar refractivity (Wildman–Crippen MR) is 264 cm³/mol. The van der Waals surface area contributed by atoms with E-state index < -0.39 is 0 Å². The molecule has 0 N–H and O–H groups in total. The molecule has 304 valence electrons. The molecule has 0 nitrogen and oxygen atoms in total. The van der Waals surface area contributed by atoms with Crippen molar-refractivity contribution in [1.82, 2.24) is 0 Å². The van der Waals surface area contributed by atoms with E-state index in [0.717, 1.165) is 32.1 Å². The van der Waals surface area contributed by atoms with Gasteiger partial charge in [0.25, 0.3) is 0 Å². The number of benzene rings is 4. The van der Waals surface area contributed by atoms with Crippen LogP contribution in [0.2, 0.25) is 0 Å². The Labute approximate surface area is 372 Å². The van der Waals surface area contributed by atoms with E-state index in [4.69, 9.17) is 0 Å². The highest BCUT2D eigenvalue weighted by Gasteiger charge is 2.53. The summed E-state index contributed by atoms with van der Waals surface area (Å²) in [6, 6.07) is 41.2. The Kier molecular flexibility index (Phi) is 9.55. The molecular formula is C63H52. The molecule has 0 radical (unpaired) electrons. The maximum Gasteiger partial charge on any atom is 0.0529 e. The van der Waals surface area contributed by atoms with Crippen LogP contribution in [0.25, 0.3) is 16.7 Å². The van der Waals surface area contributed by atoms with Crippen LogP contribution in [-0.2, 0) is 5.41 Å². The van der Waals surface area contributed by atoms with E-state index in [1.165, 1.54) is 82.8 Å². The van der Waals surface area contributed by atoms with Gasteiger partial charge in [0.05, 0.1) is 5.41 Å². The van der Waals surface area contributed by atoms with E-state index in [1.54, 1.807) is 0 Å². The topological polar surface area (TPSA) is 0 Å². The fourth-order valence-corrected chi connectivity index (χ4v) is 12.5. The molecule has 0 aliphatic heterocycles. The molecule has 8 aliphatic rings. The molecule has 0 heteroatoms. The first-order valence-corrected chi connectivity index (χ1v) is 23.3. The van der Waals surface area contributed by atoms with E-state index in [9.17, 15) is 0 Å². The summed E-state index contributed by atoms with van der Waals surface area (Å²) in [6.07, 6.45) is 50.7. The summed E-state index contributed by atoms with van der Waals surface area (Å²) in [6.45, 7) is 0. The van der Waals surface area contributed by atoms with Crippen LogP contribution in [0.15, 0.2) is 258 Å². The fourth-order valence-electron chi connectivity index (χ4n) is 12.5. The highest BCUT2D eigenvalue weighted by molar-refractivity contribution is 5.88. The van der Waals surface area contributed by atoms with Crippen LogP contribution in [-0.4, -0.2) is 0 Å². The molecule has 5 unspecified atom stereocenters. The minimum atomic E-state index is -0.308. The molecule has 8 aliphatic carbocycles. The number of fused-ring (bicyclic) bond motifs is 6. The minimum Gasteiger partial charge on any atom is -0.0842 e. The summed E-state index contributed by atoms with van der Waals surface area (Å²) in [5, 5.41) is 2.77. The molecular weight excluding hydrogens is 757 g/mol. The summed E-state index contributed by atoms with van der Waals surface area (Å²) in [5.74, 6) is 1.29. The van der Waals surface area contributed by atoms with Gasteiger partial charge in [0, 0.05) is 29.6 Å². The Morgan fingerprint density at radius 3 is 1.78 bits per heavy atom. The van der Waals surface area contributed by atoms with Gasteiger partial charge in [-0.05, 0) is 115 Å². The molecule has 12 rings (SSSR count). The van der Waals surface area contributed by atoms with Crippen molar-refractivity contribution in [3.63, 3.8) is 0 Å². The second-order valence-corrected chi connectivity index (χ2v) is 18.4. The van der Waals surface area contributed by atoms with Crippen LogP contribution in [0.3, 0.4) is 0 Å². The van der Waals surface area contributed by atoms with E-state index in [1.807, 2.05) is 0 Å². The second kappa shape index (κ2) is 15.9. The van der Waals surface area contributed by atoms with E-state index >= 15 is 0 Å². The summed E-state index contributed by atoms with van der Waals surface area (Å²) in [7, 11) is 0. The molecule has 0 saturated heterocycles. The Morgan fingerprint density at radius 1 is 0.444 bits per heavy atom. The van der Waals surface area contributed by atoms with Crippen molar-refractivity contribution in [3.05, 3.63) is 291 Å². The highest BCUT2D eigenvalue weighted by atomic mass is 14.5. The second-order valence-electron chi connectivity index (χ2n) is 18.4. The van der Waals surface area contributed by atoms with Crippen LogP contribution < -0.4 is 10.4 Å². The van der Waals surface area contributed by atoms with E-state index in [2.05, 4.69) is 225 Å². The SMILES string of the molecule is C1=CCCC(C2=CC=C(C=CC3=CC=C(C4=c5ccccc5=C(C5=CC=C6c7ccccc7C(c7ccccc7)(c7ccccc7)C6C5)C5C=CC=CC45)C4C=CC=CC34)CC2)=C1. The number of hydrogen-bond donors (Lipinski definition) is 0. The Bertz CT molecular complexity index is 3040. The van der Waals surface area contributed by atoms with Crippen LogP contribution >= 0.6 is 0 Å². The fraction of sp³-hybridized carbons (Fsp3) is 0.175. The lowest BCUT2D eigenvalue weighted by atomic mass is 9.60. The third-order valence-corrected chi connectivity index (χ3v) is 15.3. The van der Waals surface area contributed by atoms with Gasteiger partial charge in [0.2, 0.25) is 0 Å². The molecule has 5 atom stereocenters. The van der Waals surface area contributed by atoms with Gasteiger partial charge in [-0.1, -0.05) is 225 Å². The molecule has 0 aromatic heterocycles. The van der Waals surface area contributed by atoms with Gasteiger partial charge in [0.1, 0.15) is 0 Å². The molecule has 63 heavy (non-hydrogen) atoms. The van der Waals surface area contributed by atoms with Crippen molar-refractivity contribution >= 4 is 16.7 Å². The lowest BCUT2D eigenvalue weighted by Crippen LogP contribution is -2.42. The van der Waals surface area contributed by atoms with Crippen LogP contribution in [0.1, 0.15) is 54.4 Å². The monoisotopic (exact) mass is 808 g/mol. The standard InChI is InChI=1S/C63H52/c1-4-18-44(19-5-1)45-35-32-43(33-36-45)34-37-46-38-41-58(51-25-11-10-24-50(46)51)62-56-29-14-12-27-54(56)61(55-28-13-15-30-57(55)62)47-39-40-53-52-26-16-17-31-59(52)63(60(53)42-47,48-20-6-2-7-21-48)49-22-8-3-9-23-49/h1-4,6-18,20-32,34-35,37-41,50-51,54,56,60H,5,19,33,36,42H2. The third-order valence-electron chi connectivity index (χ3n) is 15.3. The Balaban J connectivity index is 0.982. The average Bonchev–Trinajstić information content (AvgIpc) is 3.66. The zero-order valence-corrected chi connectivity index (χ0v) is 35.8. The first-order chi connectivity index (χ1) is 31.3. The Hall–Kier alpha value is -6.76. The Morgan fingerprint density at radius 2 is 1.06 bits per heavy atom. The molecule has 0 bridgehead atoms. The van der Waals surface area contributed by atoms with Gasteiger partial charge in [-0.3, -0.25) is 0 Å². The molecule has 0 fully saturated rings. The molecule has 4 aromatic carbocycles. The highest BCUT2D eigenvalue weighted by Crippen LogP contribution is 2.61. The molecule has 0 saturated carbocycles. The van der Waals surface area contributed by atoms with Gasteiger partial charge in [-0.15, -0.1) is 0 Å². The quantitative estimate of drug-likeness (QED) is 0.174. The summed E-state index contributed by atoms with van der Waals surface area (Å²) in [4.78, 5) is 0. The summed E-state index contributed by atoms with van der Waals surface area (Å²) in [5.41, 5.74) is 18.4. The maximum atomic E-state index is 2.50. The zero-order chi connectivity index (χ0) is 41.7. The van der Waals surface area contributed by atoms with Crippen molar-refractivity contribution in [1.29, 1.82) is 0 Å². The van der Waals surface area contributed by atoms with Crippen molar-refractivity contribution in [2.24, 2.45) is 29.6 Å². The minimum absolute atomic E-state index is 0.233. The number of allylic oxidation sites excluding steroid dienone is 26. The van der Waals surface area contributed by atoms with Gasteiger partial charge in [0.15, 0.2) is 0 Å². The van der Waals surface area contributed by atoms with Crippen molar-refractivity contribution in [2.45, 2.75) is 37.5 Å². The largest absolute Gasteiger partial charge is 0.0842 e. The zero-order valence-electron chi connectivity index (χ0n) is 35.8. The van der Waals surface area contributed by atoms with Gasteiger partial charge in [-0.25, -0.2) is 0 Å². The first-order valence-electron chi connectivity index (χ1n) is 23.3. The summed E-state index contributed by atoms with van der Waals surface area (Å²) < 4.78 is 0. The van der Waals surface area contributed by atoms with Gasteiger partial charge < -0.3 is 0 Å². The lowest BCUT2D eigenvalue weighted by molar-refractivity contribution is 0.476. The predicted octanol–water partition coefficient (Wildman–Crippen LogP) is 13.4. The lowest BCUT2D eigenvalue weighted by Gasteiger charge is -2.42.